The lowest BCUT2D eigenvalue weighted by atomic mass is 9.97. The first kappa shape index (κ1) is 17.5. The lowest BCUT2D eigenvalue weighted by Crippen LogP contribution is -2.35. The largest absolute Gasteiger partial charge is 0.497 e. The molecule has 2 aromatic rings. The van der Waals surface area contributed by atoms with Crippen LogP contribution in [0, 0.1) is 13.8 Å². The first-order valence-electron chi connectivity index (χ1n) is 8.67. The normalized spacial score (nSPS) is 20.6. The summed E-state index contributed by atoms with van der Waals surface area (Å²) in [6.07, 6.45) is 1.06. The second kappa shape index (κ2) is 7.27. The Morgan fingerprint density at radius 1 is 1.36 bits per heavy atom. The highest BCUT2D eigenvalue weighted by Gasteiger charge is 2.31. The predicted molar refractivity (Wildman–Crippen MR) is 98.1 cm³/mol. The number of aryl methyl sites for hydroxylation is 2. The number of H-pyrrole nitrogens is 1. The second-order valence-corrected chi connectivity index (χ2v) is 6.84. The monoisotopic (exact) mass is 342 g/mol. The number of nitrogens with one attached hydrogen (secondary N) is 2. The average Bonchev–Trinajstić information content (AvgIpc) is 3.12. The Bertz CT molecular complexity index is 719. The maximum Gasteiger partial charge on any atom is 0.238 e. The number of likely N-dealkylation sites (tertiary alicyclic amines) is 1. The van der Waals surface area contributed by atoms with Gasteiger partial charge in [0.05, 0.1) is 30.7 Å². The molecule has 2 heterocycles. The molecule has 0 aliphatic carbocycles. The van der Waals surface area contributed by atoms with Crippen LogP contribution in [0.5, 0.6) is 5.75 Å². The first-order valence-corrected chi connectivity index (χ1v) is 8.67. The van der Waals surface area contributed by atoms with E-state index in [9.17, 15) is 4.79 Å². The average molecular weight is 342 g/mol. The predicted octanol–water partition coefficient (Wildman–Crippen LogP) is 2.85. The fourth-order valence-corrected chi connectivity index (χ4v) is 3.53. The molecule has 6 nitrogen and oxygen atoms in total. The van der Waals surface area contributed by atoms with Crippen LogP contribution in [0.2, 0.25) is 0 Å². The van der Waals surface area contributed by atoms with Gasteiger partial charge in [0.1, 0.15) is 5.75 Å². The van der Waals surface area contributed by atoms with E-state index in [1.54, 1.807) is 7.11 Å². The second-order valence-electron chi connectivity index (χ2n) is 6.84. The van der Waals surface area contributed by atoms with E-state index in [2.05, 4.69) is 39.5 Å². The van der Waals surface area contributed by atoms with Crippen molar-refractivity contribution < 1.29 is 9.53 Å². The molecule has 1 fully saturated rings. The molecule has 3 rings (SSSR count). The number of methoxy groups -OCH3 is 1. The van der Waals surface area contributed by atoms with Crippen molar-refractivity contribution in [1.29, 1.82) is 0 Å². The Morgan fingerprint density at radius 2 is 2.08 bits per heavy atom. The molecule has 0 saturated carbocycles. The summed E-state index contributed by atoms with van der Waals surface area (Å²) >= 11 is 0. The van der Waals surface area contributed by atoms with E-state index >= 15 is 0 Å². The summed E-state index contributed by atoms with van der Waals surface area (Å²) in [6, 6.07) is 8.62. The number of carbonyl (C=O) groups excluding carboxylic acids is 1. The highest BCUT2D eigenvalue weighted by molar-refractivity contribution is 5.93. The highest BCUT2D eigenvalue weighted by atomic mass is 16.5. The quantitative estimate of drug-likeness (QED) is 0.876. The maximum absolute atomic E-state index is 12.4. The van der Waals surface area contributed by atoms with E-state index in [-0.39, 0.29) is 5.91 Å². The molecule has 6 heteroatoms. The molecule has 2 atom stereocenters. The van der Waals surface area contributed by atoms with Gasteiger partial charge >= 0.3 is 0 Å². The zero-order chi connectivity index (χ0) is 18.0. The summed E-state index contributed by atoms with van der Waals surface area (Å²) in [4.78, 5) is 14.7. The van der Waals surface area contributed by atoms with Crippen LogP contribution in [0.25, 0.3) is 0 Å². The zero-order valence-electron chi connectivity index (χ0n) is 15.3. The topological polar surface area (TPSA) is 70.2 Å². The number of ether oxygens (including phenoxy) is 1. The van der Waals surface area contributed by atoms with Gasteiger partial charge < -0.3 is 10.1 Å². The molecular formula is C19H26N4O2. The smallest absolute Gasteiger partial charge is 0.238 e. The van der Waals surface area contributed by atoms with Crippen molar-refractivity contribution in [2.45, 2.75) is 39.2 Å². The lowest BCUT2D eigenvalue weighted by Gasteiger charge is -2.20. The number of hydrogen-bond acceptors (Lipinski definition) is 4. The van der Waals surface area contributed by atoms with Crippen LogP contribution in [0.1, 0.15) is 36.2 Å². The Labute approximate surface area is 148 Å². The van der Waals surface area contributed by atoms with Gasteiger partial charge in [-0.05, 0) is 50.8 Å². The molecule has 1 aliphatic rings. The van der Waals surface area contributed by atoms with Crippen LogP contribution in [-0.2, 0) is 4.79 Å². The zero-order valence-corrected chi connectivity index (χ0v) is 15.3. The van der Waals surface area contributed by atoms with Crippen LogP contribution in [0.15, 0.2) is 24.3 Å². The van der Waals surface area contributed by atoms with E-state index in [4.69, 9.17) is 4.74 Å². The van der Waals surface area contributed by atoms with Crippen molar-refractivity contribution in [2.24, 2.45) is 0 Å². The minimum absolute atomic E-state index is 0.00910. The van der Waals surface area contributed by atoms with E-state index in [0.717, 1.165) is 35.8 Å². The van der Waals surface area contributed by atoms with Gasteiger partial charge in [-0.1, -0.05) is 12.1 Å². The molecule has 2 N–H and O–H groups in total. The molecule has 134 valence electrons. The van der Waals surface area contributed by atoms with Crippen LogP contribution in [-0.4, -0.2) is 47.2 Å². The lowest BCUT2D eigenvalue weighted by molar-refractivity contribution is -0.117. The maximum atomic E-state index is 12.4. The van der Waals surface area contributed by atoms with E-state index < -0.39 is 0 Å². The third-order valence-electron chi connectivity index (χ3n) is 5.03. The van der Waals surface area contributed by atoms with Crippen molar-refractivity contribution in [3.05, 3.63) is 41.2 Å². The summed E-state index contributed by atoms with van der Waals surface area (Å²) in [5.41, 5.74) is 3.80. The molecular weight excluding hydrogens is 316 g/mol. The van der Waals surface area contributed by atoms with E-state index in [0.29, 0.717) is 18.5 Å². The number of benzene rings is 1. The number of aromatic amines is 1. The van der Waals surface area contributed by atoms with Crippen LogP contribution in [0.4, 0.5) is 5.69 Å². The fourth-order valence-electron chi connectivity index (χ4n) is 3.53. The molecule has 1 amide bonds. The van der Waals surface area contributed by atoms with Crippen molar-refractivity contribution in [1.82, 2.24) is 15.1 Å². The minimum Gasteiger partial charge on any atom is -0.497 e. The van der Waals surface area contributed by atoms with E-state index in [1.807, 2.05) is 26.0 Å². The van der Waals surface area contributed by atoms with Gasteiger partial charge in [-0.25, -0.2) is 0 Å². The van der Waals surface area contributed by atoms with Gasteiger partial charge in [0.15, 0.2) is 0 Å². The SMILES string of the molecule is COc1ccc([C@H]2C[C@H](C)N(CC(=O)Nc3c(C)n[nH]c3C)C2)cc1. The summed E-state index contributed by atoms with van der Waals surface area (Å²) < 4.78 is 5.22. The van der Waals surface area contributed by atoms with E-state index in [1.165, 1.54) is 5.56 Å². The fraction of sp³-hybridized carbons (Fsp3) is 0.474. The standard InChI is InChI=1S/C19H26N4O2/c1-12-9-16(15-5-7-17(25-4)8-6-15)10-23(12)11-18(24)20-19-13(2)21-22-14(19)3/h5-8,12,16H,9-11H2,1-4H3,(H,20,24)(H,21,22)/t12-,16-/m0/s1. The number of hydrogen-bond donors (Lipinski definition) is 2. The molecule has 0 bridgehead atoms. The van der Waals surface area contributed by atoms with Gasteiger partial charge in [-0.3, -0.25) is 14.8 Å². The number of rotatable bonds is 5. The third-order valence-corrected chi connectivity index (χ3v) is 5.03. The number of nitrogens with zero attached hydrogens (tertiary/aromatic N) is 2. The van der Waals surface area contributed by atoms with Crippen molar-refractivity contribution in [3.63, 3.8) is 0 Å². The van der Waals surface area contributed by atoms with Crippen molar-refractivity contribution >= 4 is 11.6 Å². The molecule has 1 aromatic carbocycles. The Morgan fingerprint density at radius 3 is 2.68 bits per heavy atom. The van der Waals surface area contributed by atoms with Gasteiger partial charge in [-0.2, -0.15) is 5.10 Å². The molecule has 0 spiro atoms. The van der Waals surface area contributed by atoms with Crippen molar-refractivity contribution in [3.8, 4) is 5.75 Å². The molecule has 1 aromatic heterocycles. The van der Waals surface area contributed by atoms with Crippen LogP contribution in [0.3, 0.4) is 0 Å². The molecule has 0 unspecified atom stereocenters. The Kier molecular flexibility index (Phi) is 5.08. The first-order chi connectivity index (χ1) is 12.0. The van der Waals surface area contributed by atoms with Gasteiger partial charge in [0, 0.05) is 12.6 Å². The van der Waals surface area contributed by atoms with Crippen LogP contribution >= 0.6 is 0 Å². The molecule has 25 heavy (non-hydrogen) atoms. The number of amides is 1. The van der Waals surface area contributed by atoms with Gasteiger partial charge in [0.2, 0.25) is 5.91 Å². The number of aromatic nitrogens is 2. The van der Waals surface area contributed by atoms with Crippen LogP contribution < -0.4 is 10.1 Å². The number of carbonyl (C=O) groups is 1. The Hall–Kier alpha value is -2.34. The summed E-state index contributed by atoms with van der Waals surface area (Å²) in [6.45, 7) is 7.28. The molecule has 1 aliphatic heterocycles. The third kappa shape index (κ3) is 3.85. The van der Waals surface area contributed by atoms with Gasteiger partial charge in [-0.15, -0.1) is 0 Å². The summed E-state index contributed by atoms with van der Waals surface area (Å²) in [5, 5.41) is 10.00. The molecule has 1 saturated heterocycles. The highest BCUT2D eigenvalue weighted by Crippen LogP contribution is 2.32. The number of anilines is 1. The summed E-state index contributed by atoms with van der Waals surface area (Å²) in [5.74, 6) is 1.33. The molecule has 0 radical (unpaired) electrons. The van der Waals surface area contributed by atoms with Gasteiger partial charge in [0.25, 0.3) is 0 Å². The van der Waals surface area contributed by atoms with Crippen molar-refractivity contribution in [2.75, 3.05) is 25.5 Å². The minimum atomic E-state index is 0.00910. The summed E-state index contributed by atoms with van der Waals surface area (Å²) in [7, 11) is 1.68. The Balaban J connectivity index is 1.60.